The van der Waals surface area contributed by atoms with E-state index in [1.165, 1.54) is 0 Å². The fraction of sp³-hybridized carbons (Fsp3) is 0.467. The van der Waals surface area contributed by atoms with Gasteiger partial charge >= 0.3 is 5.97 Å². The van der Waals surface area contributed by atoms with Gasteiger partial charge in [0.1, 0.15) is 0 Å². The normalized spacial score (nSPS) is 18.6. The van der Waals surface area contributed by atoms with Gasteiger partial charge in [-0.1, -0.05) is 30.3 Å². The number of ether oxygens (including phenoxy) is 2. The van der Waals surface area contributed by atoms with Crippen LogP contribution in [0.2, 0.25) is 0 Å². The molecule has 1 fully saturated rings. The van der Waals surface area contributed by atoms with Crippen molar-refractivity contribution in [2.75, 3.05) is 26.3 Å². The van der Waals surface area contributed by atoms with Crippen LogP contribution in [0, 0.1) is 0 Å². The van der Waals surface area contributed by atoms with Gasteiger partial charge in [-0.05, 0) is 12.5 Å². The number of hydrogen-bond acceptors (Lipinski definition) is 4. The largest absolute Gasteiger partial charge is 0.455 e. The number of hydrogen-bond donors (Lipinski definition) is 0. The Morgan fingerprint density at radius 2 is 2.10 bits per heavy atom. The molecule has 1 aromatic rings. The Morgan fingerprint density at radius 3 is 2.80 bits per heavy atom. The monoisotopic (exact) mass is 277 g/mol. The second-order valence-corrected chi connectivity index (χ2v) is 4.84. The van der Waals surface area contributed by atoms with Crippen LogP contribution in [0.4, 0.5) is 0 Å². The second kappa shape index (κ2) is 7.05. The molecule has 108 valence electrons. The van der Waals surface area contributed by atoms with E-state index in [0.717, 1.165) is 5.56 Å². The van der Waals surface area contributed by atoms with Crippen molar-refractivity contribution in [1.29, 1.82) is 0 Å². The van der Waals surface area contributed by atoms with Gasteiger partial charge < -0.3 is 14.4 Å². The van der Waals surface area contributed by atoms with Gasteiger partial charge in [0.15, 0.2) is 6.61 Å². The molecule has 0 saturated carbocycles. The zero-order valence-corrected chi connectivity index (χ0v) is 11.6. The Kier molecular flexibility index (Phi) is 5.12. The maximum Gasteiger partial charge on any atom is 0.310 e. The van der Waals surface area contributed by atoms with Crippen LogP contribution >= 0.6 is 0 Å². The molecule has 2 rings (SSSR count). The lowest BCUT2D eigenvalue weighted by atomic mass is 10.2. The first-order valence-corrected chi connectivity index (χ1v) is 6.74. The van der Waals surface area contributed by atoms with E-state index in [4.69, 9.17) is 9.47 Å². The molecule has 0 aliphatic carbocycles. The lowest BCUT2D eigenvalue weighted by Crippen LogP contribution is -2.46. The molecule has 1 unspecified atom stereocenters. The highest BCUT2D eigenvalue weighted by molar-refractivity contribution is 5.81. The van der Waals surface area contributed by atoms with Crippen LogP contribution in [0.1, 0.15) is 12.5 Å². The molecule has 1 heterocycles. The van der Waals surface area contributed by atoms with Gasteiger partial charge in [0.05, 0.1) is 19.1 Å². The van der Waals surface area contributed by atoms with Crippen molar-refractivity contribution in [3.05, 3.63) is 35.9 Å². The van der Waals surface area contributed by atoms with Gasteiger partial charge in [-0.2, -0.15) is 0 Å². The lowest BCUT2D eigenvalue weighted by Gasteiger charge is -2.30. The zero-order chi connectivity index (χ0) is 14.4. The van der Waals surface area contributed by atoms with Crippen LogP contribution in [0.3, 0.4) is 0 Å². The minimum Gasteiger partial charge on any atom is -0.455 e. The highest BCUT2D eigenvalue weighted by atomic mass is 16.5. The Balaban J connectivity index is 1.74. The molecule has 1 aromatic carbocycles. The molecular weight excluding hydrogens is 258 g/mol. The molecular formula is C15H19NO4. The van der Waals surface area contributed by atoms with Crippen LogP contribution in [0.15, 0.2) is 30.3 Å². The van der Waals surface area contributed by atoms with Gasteiger partial charge in [-0.3, -0.25) is 9.59 Å². The van der Waals surface area contributed by atoms with E-state index in [9.17, 15) is 9.59 Å². The number of carbonyl (C=O) groups is 2. The number of carbonyl (C=O) groups excluding carboxylic acids is 2. The number of rotatable bonds is 4. The lowest BCUT2D eigenvalue weighted by molar-refractivity contribution is -0.154. The number of esters is 1. The topological polar surface area (TPSA) is 55.8 Å². The summed E-state index contributed by atoms with van der Waals surface area (Å²) >= 11 is 0. The zero-order valence-electron chi connectivity index (χ0n) is 11.6. The van der Waals surface area contributed by atoms with Crippen molar-refractivity contribution < 1.29 is 19.1 Å². The van der Waals surface area contributed by atoms with Crippen molar-refractivity contribution in [3.8, 4) is 0 Å². The summed E-state index contributed by atoms with van der Waals surface area (Å²) in [5.74, 6) is -0.549. The highest BCUT2D eigenvalue weighted by Gasteiger charge is 2.22. The summed E-state index contributed by atoms with van der Waals surface area (Å²) in [6.45, 7) is 3.36. The number of amides is 1. The fourth-order valence-electron chi connectivity index (χ4n) is 2.09. The fourth-order valence-corrected chi connectivity index (χ4v) is 2.09. The van der Waals surface area contributed by atoms with Gasteiger partial charge in [0.25, 0.3) is 5.91 Å². The van der Waals surface area contributed by atoms with Crippen molar-refractivity contribution in [2.45, 2.75) is 19.4 Å². The number of morpholine rings is 1. The van der Waals surface area contributed by atoms with Gasteiger partial charge in [-0.15, -0.1) is 0 Å². The third kappa shape index (κ3) is 4.35. The summed E-state index contributed by atoms with van der Waals surface area (Å²) in [4.78, 5) is 25.2. The van der Waals surface area contributed by atoms with Crippen molar-refractivity contribution >= 4 is 11.9 Å². The molecule has 5 heteroatoms. The molecule has 0 spiro atoms. The summed E-state index contributed by atoms with van der Waals surface area (Å²) in [5, 5.41) is 0. The Hall–Kier alpha value is -1.88. The van der Waals surface area contributed by atoms with E-state index in [1.807, 2.05) is 37.3 Å². The van der Waals surface area contributed by atoms with Crippen LogP contribution in [0.5, 0.6) is 0 Å². The summed E-state index contributed by atoms with van der Waals surface area (Å²) in [5.41, 5.74) is 0.880. The standard InChI is InChI=1S/C15H19NO4/c1-12-10-16(7-8-19-12)14(17)11-20-15(18)9-13-5-3-2-4-6-13/h2-6,12H,7-11H2,1H3. The molecule has 1 saturated heterocycles. The first kappa shape index (κ1) is 14.5. The van der Waals surface area contributed by atoms with Crippen LogP contribution in [0.25, 0.3) is 0 Å². The molecule has 0 bridgehead atoms. The summed E-state index contributed by atoms with van der Waals surface area (Å²) in [6, 6.07) is 9.32. The SMILES string of the molecule is CC1CN(C(=O)COC(=O)Cc2ccccc2)CCO1. The van der Waals surface area contributed by atoms with Gasteiger partial charge in [0, 0.05) is 13.1 Å². The summed E-state index contributed by atoms with van der Waals surface area (Å²) < 4.78 is 10.4. The van der Waals surface area contributed by atoms with Crippen LogP contribution in [-0.4, -0.2) is 49.2 Å². The number of benzene rings is 1. The Labute approximate surface area is 118 Å². The first-order chi connectivity index (χ1) is 9.65. The van der Waals surface area contributed by atoms with Crippen molar-refractivity contribution in [1.82, 2.24) is 4.90 Å². The van der Waals surface area contributed by atoms with E-state index < -0.39 is 0 Å². The average Bonchev–Trinajstić information content (AvgIpc) is 2.46. The van der Waals surface area contributed by atoms with Crippen molar-refractivity contribution in [2.24, 2.45) is 0 Å². The quantitative estimate of drug-likeness (QED) is 0.771. The minimum absolute atomic E-state index is 0.0349. The molecule has 20 heavy (non-hydrogen) atoms. The van der Waals surface area contributed by atoms with E-state index in [0.29, 0.717) is 19.7 Å². The molecule has 1 aliphatic heterocycles. The third-order valence-electron chi connectivity index (χ3n) is 3.14. The molecule has 1 atom stereocenters. The highest BCUT2D eigenvalue weighted by Crippen LogP contribution is 2.05. The predicted molar refractivity (Wildman–Crippen MR) is 73.1 cm³/mol. The molecule has 0 radical (unpaired) electrons. The second-order valence-electron chi connectivity index (χ2n) is 4.84. The van der Waals surface area contributed by atoms with E-state index in [2.05, 4.69) is 0 Å². The van der Waals surface area contributed by atoms with Gasteiger partial charge in [0.2, 0.25) is 0 Å². The Morgan fingerprint density at radius 1 is 1.35 bits per heavy atom. The number of nitrogens with zero attached hydrogens (tertiary/aromatic N) is 1. The van der Waals surface area contributed by atoms with Crippen molar-refractivity contribution in [3.63, 3.8) is 0 Å². The molecule has 1 aliphatic rings. The molecule has 0 N–H and O–H groups in total. The predicted octanol–water partition coefficient (Wildman–Crippen LogP) is 1.02. The molecule has 5 nitrogen and oxygen atoms in total. The maximum atomic E-state index is 11.9. The first-order valence-electron chi connectivity index (χ1n) is 6.74. The van der Waals surface area contributed by atoms with E-state index in [-0.39, 0.29) is 31.0 Å². The Bertz CT molecular complexity index is 460. The summed E-state index contributed by atoms with van der Waals surface area (Å²) in [7, 11) is 0. The van der Waals surface area contributed by atoms with Crippen LogP contribution < -0.4 is 0 Å². The maximum absolute atomic E-state index is 11.9. The van der Waals surface area contributed by atoms with E-state index >= 15 is 0 Å². The van der Waals surface area contributed by atoms with Gasteiger partial charge in [-0.25, -0.2) is 0 Å². The van der Waals surface area contributed by atoms with E-state index in [1.54, 1.807) is 4.90 Å². The van der Waals surface area contributed by atoms with Crippen LogP contribution in [-0.2, 0) is 25.5 Å². The third-order valence-corrected chi connectivity index (χ3v) is 3.14. The minimum atomic E-state index is -0.383. The molecule has 0 aromatic heterocycles. The smallest absolute Gasteiger partial charge is 0.310 e. The molecule has 1 amide bonds. The summed E-state index contributed by atoms with van der Waals surface area (Å²) in [6.07, 6.45) is 0.223. The average molecular weight is 277 g/mol.